The second kappa shape index (κ2) is 4.60. The zero-order chi connectivity index (χ0) is 13.6. The Morgan fingerprint density at radius 1 is 1.53 bits per heavy atom. The van der Waals surface area contributed by atoms with Crippen molar-refractivity contribution in [2.75, 3.05) is 0 Å². The summed E-state index contributed by atoms with van der Waals surface area (Å²) in [6.45, 7) is 4.40. The molecule has 100 valence electrons. The summed E-state index contributed by atoms with van der Waals surface area (Å²) >= 11 is 5.89. The first-order valence-electron chi connectivity index (χ1n) is 6.63. The van der Waals surface area contributed by atoms with Gasteiger partial charge in [0.2, 0.25) is 5.28 Å². The third-order valence-corrected chi connectivity index (χ3v) is 3.83. The quantitative estimate of drug-likeness (QED) is 0.787. The predicted molar refractivity (Wildman–Crippen MR) is 74.6 cm³/mol. The Bertz CT molecular complexity index is 647. The van der Waals surface area contributed by atoms with Gasteiger partial charge in [-0.15, -0.1) is 0 Å². The maximum absolute atomic E-state index is 12.1. The van der Waals surface area contributed by atoms with Crippen molar-refractivity contribution in [3.8, 4) is 0 Å². The molecular formula is C14H16ClN3O. The number of halogens is 1. The van der Waals surface area contributed by atoms with E-state index in [4.69, 9.17) is 11.6 Å². The van der Waals surface area contributed by atoms with Crippen molar-refractivity contribution in [1.29, 1.82) is 0 Å². The van der Waals surface area contributed by atoms with Crippen molar-refractivity contribution >= 4 is 28.4 Å². The van der Waals surface area contributed by atoms with Crippen LogP contribution in [0.4, 0.5) is 0 Å². The van der Waals surface area contributed by atoms with Crippen molar-refractivity contribution < 1.29 is 4.79 Å². The number of fused-ring (bicyclic) bond motifs is 3. The lowest BCUT2D eigenvalue weighted by atomic mass is 9.94. The Balaban J connectivity index is 2.20. The monoisotopic (exact) mass is 277 g/mol. The molecule has 0 N–H and O–H groups in total. The third-order valence-electron chi connectivity index (χ3n) is 3.65. The predicted octanol–water partition coefficient (Wildman–Crippen LogP) is 3.65. The standard InChI is InChI=1S/C14H16ClN3O/c1-8(2)5-10-3-4-12(19)11-6-9-7-16-14(15)17-13(9)18(10)11/h6-8,10H,3-5H2,1-2H3/t10-/m1/s1. The van der Waals surface area contributed by atoms with Gasteiger partial charge in [0.1, 0.15) is 5.65 Å². The lowest BCUT2D eigenvalue weighted by Gasteiger charge is -2.27. The van der Waals surface area contributed by atoms with Gasteiger partial charge >= 0.3 is 0 Å². The molecule has 4 nitrogen and oxygen atoms in total. The molecule has 1 aliphatic heterocycles. The molecule has 0 amide bonds. The zero-order valence-corrected chi connectivity index (χ0v) is 11.8. The van der Waals surface area contributed by atoms with Gasteiger partial charge in [-0.05, 0) is 36.4 Å². The van der Waals surface area contributed by atoms with Crippen LogP contribution in [-0.2, 0) is 0 Å². The van der Waals surface area contributed by atoms with Gasteiger partial charge in [0.05, 0.1) is 5.69 Å². The van der Waals surface area contributed by atoms with E-state index in [0.29, 0.717) is 18.4 Å². The highest BCUT2D eigenvalue weighted by Gasteiger charge is 2.28. The molecule has 0 fully saturated rings. The van der Waals surface area contributed by atoms with E-state index in [2.05, 4.69) is 28.4 Å². The fourth-order valence-corrected chi connectivity index (χ4v) is 3.02. The van der Waals surface area contributed by atoms with Gasteiger partial charge in [0, 0.05) is 24.0 Å². The fourth-order valence-electron chi connectivity index (χ4n) is 2.89. The Labute approximate surface area is 116 Å². The van der Waals surface area contributed by atoms with Crippen LogP contribution >= 0.6 is 11.6 Å². The highest BCUT2D eigenvalue weighted by Crippen LogP contribution is 2.34. The molecule has 0 unspecified atom stereocenters. The zero-order valence-electron chi connectivity index (χ0n) is 11.1. The molecule has 19 heavy (non-hydrogen) atoms. The molecule has 0 bridgehead atoms. The highest BCUT2D eigenvalue weighted by atomic mass is 35.5. The lowest BCUT2D eigenvalue weighted by molar-refractivity contribution is 0.0939. The second-order valence-electron chi connectivity index (χ2n) is 5.56. The van der Waals surface area contributed by atoms with Crippen LogP contribution in [0.5, 0.6) is 0 Å². The molecular weight excluding hydrogens is 262 g/mol. The molecule has 3 heterocycles. The molecule has 0 radical (unpaired) electrons. The van der Waals surface area contributed by atoms with E-state index >= 15 is 0 Å². The van der Waals surface area contributed by atoms with Crippen LogP contribution < -0.4 is 0 Å². The van der Waals surface area contributed by atoms with Gasteiger partial charge in [-0.3, -0.25) is 4.79 Å². The summed E-state index contributed by atoms with van der Waals surface area (Å²) in [5, 5.41) is 1.12. The number of nitrogens with zero attached hydrogens (tertiary/aromatic N) is 3. The number of rotatable bonds is 2. The molecule has 1 atom stereocenters. The van der Waals surface area contributed by atoms with Gasteiger partial charge in [0.15, 0.2) is 5.78 Å². The molecule has 3 rings (SSSR count). The van der Waals surface area contributed by atoms with E-state index < -0.39 is 0 Å². The molecule has 2 aromatic rings. The van der Waals surface area contributed by atoms with E-state index in [1.54, 1.807) is 6.20 Å². The molecule has 0 saturated carbocycles. The maximum atomic E-state index is 12.1. The van der Waals surface area contributed by atoms with Gasteiger partial charge in [-0.25, -0.2) is 4.98 Å². The Kier molecular flexibility index (Phi) is 3.05. The molecule has 0 saturated heterocycles. The van der Waals surface area contributed by atoms with E-state index in [-0.39, 0.29) is 11.1 Å². The fraction of sp³-hybridized carbons (Fsp3) is 0.500. The molecule has 0 aromatic carbocycles. The summed E-state index contributed by atoms with van der Waals surface area (Å²) in [4.78, 5) is 20.4. The normalized spacial score (nSPS) is 19.2. The van der Waals surface area contributed by atoms with Crippen LogP contribution in [0.2, 0.25) is 5.28 Å². The molecule has 1 aliphatic rings. The first-order chi connectivity index (χ1) is 9.06. The number of aromatic nitrogens is 3. The van der Waals surface area contributed by atoms with Crippen LogP contribution in [0.3, 0.4) is 0 Å². The van der Waals surface area contributed by atoms with Gasteiger partial charge < -0.3 is 4.57 Å². The summed E-state index contributed by atoms with van der Waals surface area (Å²) in [7, 11) is 0. The minimum atomic E-state index is 0.189. The molecule has 2 aromatic heterocycles. The van der Waals surface area contributed by atoms with Crippen molar-refractivity contribution in [2.24, 2.45) is 5.92 Å². The van der Waals surface area contributed by atoms with Crippen molar-refractivity contribution in [3.63, 3.8) is 0 Å². The summed E-state index contributed by atoms with van der Waals surface area (Å²) in [6.07, 6.45) is 4.24. The summed E-state index contributed by atoms with van der Waals surface area (Å²) in [6, 6.07) is 2.22. The number of Topliss-reactive ketones (excluding diaryl/α,β-unsaturated/α-hetero) is 1. The Morgan fingerprint density at radius 3 is 3.05 bits per heavy atom. The number of hydrogen-bond acceptors (Lipinski definition) is 3. The number of hydrogen-bond donors (Lipinski definition) is 0. The van der Waals surface area contributed by atoms with Crippen LogP contribution in [0.25, 0.3) is 11.0 Å². The van der Waals surface area contributed by atoms with E-state index in [1.165, 1.54) is 0 Å². The van der Waals surface area contributed by atoms with Crippen molar-refractivity contribution in [1.82, 2.24) is 14.5 Å². The summed E-state index contributed by atoms with van der Waals surface area (Å²) < 4.78 is 2.06. The van der Waals surface area contributed by atoms with Crippen LogP contribution in [0.15, 0.2) is 12.3 Å². The van der Waals surface area contributed by atoms with E-state index in [9.17, 15) is 4.79 Å². The van der Waals surface area contributed by atoms with E-state index in [0.717, 1.165) is 29.6 Å². The highest BCUT2D eigenvalue weighted by molar-refractivity contribution is 6.28. The smallest absolute Gasteiger partial charge is 0.224 e. The molecule has 5 heteroatoms. The molecule has 0 spiro atoms. The average molecular weight is 278 g/mol. The van der Waals surface area contributed by atoms with E-state index in [1.807, 2.05) is 6.07 Å². The summed E-state index contributed by atoms with van der Waals surface area (Å²) in [5.41, 5.74) is 1.54. The minimum Gasteiger partial charge on any atom is -0.320 e. The van der Waals surface area contributed by atoms with Crippen LogP contribution in [0.1, 0.15) is 49.6 Å². The summed E-state index contributed by atoms with van der Waals surface area (Å²) in [5.74, 6) is 0.773. The first-order valence-corrected chi connectivity index (χ1v) is 7.00. The van der Waals surface area contributed by atoms with Crippen LogP contribution in [0, 0.1) is 5.92 Å². The van der Waals surface area contributed by atoms with Crippen molar-refractivity contribution in [3.05, 3.63) is 23.2 Å². The number of carbonyl (C=O) groups excluding carboxylic acids is 1. The van der Waals surface area contributed by atoms with Crippen LogP contribution in [-0.4, -0.2) is 20.3 Å². The van der Waals surface area contributed by atoms with Gasteiger partial charge in [-0.1, -0.05) is 13.8 Å². The van der Waals surface area contributed by atoms with Gasteiger partial charge in [0.25, 0.3) is 0 Å². The topological polar surface area (TPSA) is 47.8 Å². The number of ketones is 1. The molecule has 0 aliphatic carbocycles. The minimum absolute atomic E-state index is 0.189. The largest absolute Gasteiger partial charge is 0.320 e. The second-order valence-corrected chi connectivity index (χ2v) is 5.90. The first kappa shape index (κ1) is 12.6. The third kappa shape index (κ3) is 2.14. The Hall–Kier alpha value is -1.42. The Morgan fingerprint density at radius 2 is 2.32 bits per heavy atom. The average Bonchev–Trinajstić information content (AvgIpc) is 2.72. The SMILES string of the molecule is CC(C)C[C@H]1CCC(=O)c2cc3cnc(Cl)nc3n21. The lowest BCUT2D eigenvalue weighted by Crippen LogP contribution is -2.23. The number of carbonyl (C=O) groups is 1. The van der Waals surface area contributed by atoms with Gasteiger partial charge in [-0.2, -0.15) is 4.98 Å². The van der Waals surface area contributed by atoms with Crippen molar-refractivity contribution in [2.45, 2.75) is 39.2 Å². The maximum Gasteiger partial charge on any atom is 0.224 e.